The van der Waals surface area contributed by atoms with Gasteiger partial charge in [0.25, 0.3) is 0 Å². The molecule has 0 bridgehead atoms. The molecule has 1 saturated heterocycles. The number of thioether (sulfide) groups is 1. The SMILES string of the molecule is CCCSc1nc(N2CCOCC2)c2cnn(CCNC(=O)C(C)(C)CCl)c2n1. The van der Waals surface area contributed by atoms with E-state index in [2.05, 4.69) is 22.2 Å². The number of morpholine rings is 1. The zero-order valence-corrected chi connectivity index (χ0v) is 18.9. The summed E-state index contributed by atoms with van der Waals surface area (Å²) >= 11 is 7.54. The second kappa shape index (κ2) is 9.95. The van der Waals surface area contributed by atoms with Crippen LogP contribution in [0.2, 0.25) is 0 Å². The number of carbonyl (C=O) groups is 1. The van der Waals surface area contributed by atoms with Gasteiger partial charge in [-0.2, -0.15) is 5.10 Å². The lowest BCUT2D eigenvalue weighted by Crippen LogP contribution is -2.39. The van der Waals surface area contributed by atoms with Crippen molar-refractivity contribution in [1.82, 2.24) is 25.1 Å². The van der Waals surface area contributed by atoms with E-state index in [9.17, 15) is 4.79 Å². The number of hydrogen-bond acceptors (Lipinski definition) is 7. The van der Waals surface area contributed by atoms with Gasteiger partial charge in [-0.1, -0.05) is 18.7 Å². The van der Waals surface area contributed by atoms with Crippen LogP contribution < -0.4 is 10.2 Å². The van der Waals surface area contributed by atoms with Gasteiger partial charge >= 0.3 is 0 Å². The molecule has 0 saturated carbocycles. The van der Waals surface area contributed by atoms with E-state index in [-0.39, 0.29) is 11.8 Å². The molecule has 0 aromatic carbocycles. The Morgan fingerprint density at radius 2 is 2.10 bits per heavy atom. The van der Waals surface area contributed by atoms with Crippen LogP contribution in [0.4, 0.5) is 5.82 Å². The molecule has 3 heterocycles. The molecule has 0 radical (unpaired) electrons. The largest absolute Gasteiger partial charge is 0.378 e. The third-order valence-electron chi connectivity index (χ3n) is 4.76. The van der Waals surface area contributed by atoms with E-state index < -0.39 is 5.41 Å². The summed E-state index contributed by atoms with van der Waals surface area (Å²) in [5.41, 5.74) is 0.203. The molecule has 1 aliphatic rings. The molecule has 2 aromatic heterocycles. The molecule has 1 N–H and O–H groups in total. The van der Waals surface area contributed by atoms with E-state index in [1.807, 2.05) is 24.7 Å². The minimum atomic E-state index is -0.594. The lowest BCUT2D eigenvalue weighted by molar-refractivity contribution is -0.128. The number of fused-ring (bicyclic) bond motifs is 1. The van der Waals surface area contributed by atoms with Crippen LogP contribution in [0, 0.1) is 5.41 Å². The Bertz CT molecular complexity index is 837. The number of hydrogen-bond donors (Lipinski definition) is 1. The number of anilines is 1. The zero-order chi connectivity index (χ0) is 20.9. The van der Waals surface area contributed by atoms with E-state index in [4.69, 9.17) is 26.3 Å². The first-order valence-electron chi connectivity index (χ1n) is 9.99. The Labute approximate surface area is 180 Å². The molecule has 0 aliphatic carbocycles. The molecule has 3 rings (SSSR count). The lowest BCUT2D eigenvalue weighted by atomic mass is 9.95. The molecule has 10 heteroatoms. The summed E-state index contributed by atoms with van der Waals surface area (Å²) in [5, 5.41) is 9.15. The van der Waals surface area contributed by atoms with Gasteiger partial charge in [0, 0.05) is 31.3 Å². The van der Waals surface area contributed by atoms with Crippen LogP contribution in [0.3, 0.4) is 0 Å². The third-order valence-corrected chi connectivity index (χ3v) is 6.48. The number of rotatable bonds is 9. The average molecular weight is 441 g/mol. The summed E-state index contributed by atoms with van der Waals surface area (Å²) in [7, 11) is 0. The van der Waals surface area contributed by atoms with Crippen LogP contribution in [-0.2, 0) is 16.1 Å². The zero-order valence-electron chi connectivity index (χ0n) is 17.3. The van der Waals surface area contributed by atoms with Crippen LogP contribution in [0.15, 0.2) is 11.4 Å². The number of alkyl halides is 1. The quantitative estimate of drug-likeness (QED) is 0.364. The van der Waals surface area contributed by atoms with Gasteiger partial charge in [-0.05, 0) is 20.3 Å². The van der Waals surface area contributed by atoms with Crippen molar-refractivity contribution in [2.75, 3.05) is 49.4 Å². The van der Waals surface area contributed by atoms with Crippen molar-refractivity contribution < 1.29 is 9.53 Å². The van der Waals surface area contributed by atoms with Gasteiger partial charge in [0.1, 0.15) is 5.82 Å². The highest BCUT2D eigenvalue weighted by Crippen LogP contribution is 2.28. The minimum absolute atomic E-state index is 0.0632. The van der Waals surface area contributed by atoms with Gasteiger partial charge in [0.2, 0.25) is 5.91 Å². The molecule has 1 fully saturated rings. The van der Waals surface area contributed by atoms with E-state index >= 15 is 0 Å². The summed E-state index contributed by atoms with van der Waals surface area (Å²) in [6.45, 7) is 9.80. The standard InChI is InChI=1S/C19H29ClN6O2S/c1-4-11-29-18-23-15(25-7-9-28-10-8-25)14-12-22-26(16(14)24-18)6-5-21-17(27)19(2,3)13-20/h12H,4-11,13H2,1-3H3,(H,21,27). The first kappa shape index (κ1) is 22.1. The topological polar surface area (TPSA) is 85.2 Å². The Kier molecular flexibility index (Phi) is 7.59. The lowest BCUT2D eigenvalue weighted by Gasteiger charge is -2.28. The smallest absolute Gasteiger partial charge is 0.226 e. The fourth-order valence-electron chi connectivity index (χ4n) is 2.93. The minimum Gasteiger partial charge on any atom is -0.378 e. The van der Waals surface area contributed by atoms with Gasteiger partial charge in [0.15, 0.2) is 10.8 Å². The second-order valence-corrected chi connectivity index (χ2v) is 8.99. The van der Waals surface area contributed by atoms with Crippen molar-refractivity contribution in [3.05, 3.63) is 6.20 Å². The maximum atomic E-state index is 12.2. The fourth-order valence-corrected chi connectivity index (χ4v) is 3.74. The number of halogens is 1. The van der Waals surface area contributed by atoms with Crippen molar-refractivity contribution in [1.29, 1.82) is 0 Å². The molecule has 0 unspecified atom stereocenters. The molecule has 1 amide bonds. The molecular weight excluding hydrogens is 412 g/mol. The predicted octanol–water partition coefficient (Wildman–Crippen LogP) is 2.55. The Morgan fingerprint density at radius 3 is 2.79 bits per heavy atom. The highest BCUT2D eigenvalue weighted by Gasteiger charge is 2.26. The van der Waals surface area contributed by atoms with Gasteiger partial charge in [-0.3, -0.25) is 4.79 Å². The van der Waals surface area contributed by atoms with Crippen LogP contribution in [-0.4, -0.2) is 70.1 Å². The van der Waals surface area contributed by atoms with Crippen LogP contribution in [0.5, 0.6) is 0 Å². The van der Waals surface area contributed by atoms with E-state index in [1.54, 1.807) is 11.8 Å². The summed E-state index contributed by atoms with van der Waals surface area (Å²) in [6, 6.07) is 0. The number of ether oxygens (including phenoxy) is 1. The Balaban J connectivity index is 1.82. The summed E-state index contributed by atoms with van der Waals surface area (Å²) < 4.78 is 7.32. The van der Waals surface area contributed by atoms with Gasteiger partial charge in [-0.25, -0.2) is 14.6 Å². The maximum Gasteiger partial charge on any atom is 0.226 e. The molecule has 0 atom stereocenters. The monoisotopic (exact) mass is 440 g/mol. The maximum absolute atomic E-state index is 12.2. The number of nitrogens with one attached hydrogen (secondary N) is 1. The summed E-state index contributed by atoms with van der Waals surface area (Å²) in [4.78, 5) is 24.0. The number of carbonyl (C=O) groups excluding carboxylic acids is 1. The highest BCUT2D eigenvalue weighted by atomic mass is 35.5. The number of aromatic nitrogens is 4. The van der Waals surface area contributed by atoms with Crippen molar-refractivity contribution in [3.63, 3.8) is 0 Å². The van der Waals surface area contributed by atoms with E-state index in [0.717, 1.165) is 47.3 Å². The highest BCUT2D eigenvalue weighted by molar-refractivity contribution is 7.99. The second-order valence-electron chi connectivity index (χ2n) is 7.66. The van der Waals surface area contributed by atoms with Crippen LogP contribution >= 0.6 is 23.4 Å². The van der Waals surface area contributed by atoms with Crippen molar-refractivity contribution in [3.8, 4) is 0 Å². The van der Waals surface area contributed by atoms with Crippen molar-refractivity contribution >= 4 is 46.1 Å². The van der Waals surface area contributed by atoms with Crippen molar-refractivity contribution in [2.24, 2.45) is 5.41 Å². The summed E-state index contributed by atoms with van der Waals surface area (Å²) in [6.07, 6.45) is 2.87. The Hall–Kier alpha value is -1.58. The van der Waals surface area contributed by atoms with Crippen LogP contribution in [0.25, 0.3) is 11.0 Å². The molecule has 160 valence electrons. The van der Waals surface area contributed by atoms with E-state index in [1.165, 1.54) is 0 Å². The third kappa shape index (κ3) is 5.32. The molecule has 1 aliphatic heterocycles. The molecule has 0 spiro atoms. The van der Waals surface area contributed by atoms with Gasteiger partial charge < -0.3 is 15.0 Å². The number of amides is 1. The van der Waals surface area contributed by atoms with Crippen LogP contribution in [0.1, 0.15) is 27.2 Å². The van der Waals surface area contributed by atoms with E-state index in [0.29, 0.717) is 26.3 Å². The predicted molar refractivity (Wildman–Crippen MR) is 117 cm³/mol. The normalized spacial score (nSPS) is 15.1. The van der Waals surface area contributed by atoms with Gasteiger partial charge in [-0.15, -0.1) is 11.6 Å². The Morgan fingerprint density at radius 1 is 1.34 bits per heavy atom. The molecule has 8 nitrogen and oxygen atoms in total. The van der Waals surface area contributed by atoms with Gasteiger partial charge in [0.05, 0.1) is 36.8 Å². The number of nitrogens with zero attached hydrogens (tertiary/aromatic N) is 5. The summed E-state index contributed by atoms with van der Waals surface area (Å²) in [5.74, 6) is 2.09. The average Bonchev–Trinajstić information content (AvgIpc) is 3.15. The molecule has 29 heavy (non-hydrogen) atoms. The first-order chi connectivity index (χ1) is 14.0. The van der Waals surface area contributed by atoms with Crippen molar-refractivity contribution in [2.45, 2.75) is 38.9 Å². The molecular formula is C19H29ClN6O2S. The molecule has 2 aromatic rings. The first-order valence-corrected chi connectivity index (χ1v) is 11.5. The fraction of sp³-hybridized carbons (Fsp3) is 0.684.